The molecule has 3 nitrogen and oxygen atoms in total. The van der Waals surface area contributed by atoms with E-state index in [1.807, 2.05) is 14.0 Å². The quantitative estimate of drug-likeness (QED) is 0.482. The summed E-state index contributed by atoms with van der Waals surface area (Å²) in [6, 6.07) is 8.40. The zero-order valence-corrected chi connectivity index (χ0v) is 22.2. The van der Waals surface area contributed by atoms with Gasteiger partial charge in [0.05, 0.1) is 12.2 Å². The molecule has 1 aromatic carbocycles. The molecule has 0 spiro atoms. The smallest absolute Gasteiger partial charge is 0.166 e. The van der Waals surface area contributed by atoms with Gasteiger partial charge in [-0.05, 0) is 105 Å². The van der Waals surface area contributed by atoms with Crippen molar-refractivity contribution in [3.8, 4) is 0 Å². The molecule has 4 aliphatic carbocycles. The minimum atomic E-state index is -0.535. The number of hydrogen-bond donors (Lipinski definition) is 1. The third kappa shape index (κ3) is 3.47. The number of rotatable bonds is 5. The number of benzene rings is 1. The van der Waals surface area contributed by atoms with Crippen LogP contribution >= 0.6 is 0 Å². The van der Waals surface area contributed by atoms with E-state index in [0.29, 0.717) is 23.5 Å². The third-order valence-corrected chi connectivity index (χ3v) is 11.8. The van der Waals surface area contributed by atoms with Crippen LogP contribution in [0.2, 0.25) is 0 Å². The van der Waals surface area contributed by atoms with Crippen LogP contribution in [0.25, 0.3) is 0 Å². The van der Waals surface area contributed by atoms with Crippen LogP contribution in [-0.4, -0.2) is 30.2 Å². The minimum Gasteiger partial charge on any atom is -0.390 e. The molecule has 1 N–H and O–H groups in total. The van der Waals surface area contributed by atoms with E-state index in [9.17, 15) is 9.90 Å². The fourth-order valence-electron chi connectivity index (χ4n) is 9.77. The Morgan fingerprint density at radius 3 is 2.35 bits per heavy atom. The molecule has 5 rings (SSSR count). The van der Waals surface area contributed by atoms with Gasteiger partial charge in [0.25, 0.3) is 0 Å². The topological polar surface area (TPSA) is 46.5 Å². The zero-order valence-electron chi connectivity index (χ0n) is 22.2. The Kier molecular flexibility index (Phi) is 6.08. The maximum absolute atomic E-state index is 13.8. The number of aliphatic hydroxyl groups is 1. The van der Waals surface area contributed by atoms with Crippen LogP contribution in [0.5, 0.6) is 0 Å². The van der Waals surface area contributed by atoms with Crippen molar-refractivity contribution in [3.05, 3.63) is 35.4 Å². The van der Waals surface area contributed by atoms with Gasteiger partial charge in [0.15, 0.2) is 5.78 Å². The molecule has 0 amide bonds. The minimum absolute atomic E-state index is 0.103. The number of ether oxygens (including phenoxy) is 1. The summed E-state index contributed by atoms with van der Waals surface area (Å²) in [5, 5.41) is 10.9. The lowest BCUT2D eigenvalue weighted by Gasteiger charge is -2.68. The molecule has 4 fully saturated rings. The van der Waals surface area contributed by atoms with Crippen molar-refractivity contribution >= 4 is 5.78 Å². The molecule has 4 aliphatic rings. The van der Waals surface area contributed by atoms with Crippen molar-refractivity contribution in [2.45, 2.75) is 97.5 Å². The number of carbonyl (C=O) groups excluding carboxylic acids is 1. The summed E-state index contributed by atoms with van der Waals surface area (Å²) in [6.07, 6.45) is 10.9. The normalized spacial score (nSPS) is 45.8. The molecular weight excluding hydrogens is 420 g/mol. The van der Waals surface area contributed by atoms with Crippen molar-refractivity contribution in [2.24, 2.45) is 39.9 Å². The van der Waals surface area contributed by atoms with Crippen molar-refractivity contribution in [2.75, 3.05) is 13.7 Å². The lowest BCUT2D eigenvalue weighted by atomic mass is 9.37. The summed E-state index contributed by atoms with van der Waals surface area (Å²) in [7, 11) is 1.87. The van der Waals surface area contributed by atoms with Gasteiger partial charge >= 0.3 is 0 Å². The summed E-state index contributed by atoms with van der Waals surface area (Å²) in [4.78, 5) is 13.8. The highest BCUT2D eigenvalue weighted by atomic mass is 16.5. The molecule has 0 heterocycles. The van der Waals surface area contributed by atoms with Gasteiger partial charge in [-0.2, -0.15) is 0 Å². The molecule has 0 aromatic heterocycles. The largest absolute Gasteiger partial charge is 0.390 e. The number of carbonyl (C=O) groups is 1. The zero-order chi connectivity index (χ0) is 24.4. The molecule has 0 unspecified atom stereocenters. The van der Waals surface area contributed by atoms with Gasteiger partial charge in [-0.25, -0.2) is 0 Å². The first-order valence-corrected chi connectivity index (χ1v) is 13.9. The van der Waals surface area contributed by atoms with E-state index in [2.05, 4.69) is 45.0 Å². The average Bonchev–Trinajstić information content (AvgIpc) is 3.16. The van der Waals surface area contributed by atoms with Crippen LogP contribution in [0.3, 0.4) is 0 Å². The number of methoxy groups -OCH3 is 1. The van der Waals surface area contributed by atoms with Gasteiger partial charge in [-0.1, -0.05) is 45.0 Å². The van der Waals surface area contributed by atoms with Crippen molar-refractivity contribution < 1.29 is 14.6 Å². The second-order valence-electron chi connectivity index (χ2n) is 13.2. The predicted molar refractivity (Wildman–Crippen MR) is 137 cm³/mol. The maximum Gasteiger partial charge on any atom is 0.166 e. The fraction of sp³-hybridized carbons (Fsp3) is 0.774. The second kappa shape index (κ2) is 8.44. The van der Waals surface area contributed by atoms with Crippen molar-refractivity contribution in [1.82, 2.24) is 0 Å². The van der Waals surface area contributed by atoms with Crippen LogP contribution in [0.15, 0.2) is 24.3 Å². The van der Waals surface area contributed by atoms with E-state index in [0.717, 1.165) is 50.7 Å². The highest BCUT2D eigenvalue weighted by Crippen LogP contribution is 2.73. The monoisotopic (exact) mass is 466 g/mol. The van der Waals surface area contributed by atoms with Crippen LogP contribution in [0, 0.1) is 39.9 Å². The summed E-state index contributed by atoms with van der Waals surface area (Å²) in [5.74, 6) is 2.34. The van der Waals surface area contributed by atoms with Gasteiger partial charge in [-0.3, -0.25) is 4.79 Å². The summed E-state index contributed by atoms with van der Waals surface area (Å²) in [5.41, 5.74) is 2.16. The Balaban J connectivity index is 1.44. The number of hydrogen-bond acceptors (Lipinski definition) is 3. The molecule has 1 aromatic rings. The molecular formula is C31H46O3. The Morgan fingerprint density at radius 1 is 0.971 bits per heavy atom. The molecule has 3 heteroatoms. The Bertz CT molecular complexity index is 919. The van der Waals surface area contributed by atoms with Crippen molar-refractivity contribution in [3.63, 3.8) is 0 Å². The summed E-state index contributed by atoms with van der Waals surface area (Å²) in [6.45, 7) is 10.0. The highest BCUT2D eigenvalue weighted by Gasteiger charge is 2.68. The number of fused-ring (bicyclic) bond motifs is 5. The predicted octanol–water partition coefficient (Wildman–Crippen LogP) is 6.86. The third-order valence-electron chi connectivity index (χ3n) is 11.8. The molecule has 188 valence electrons. The van der Waals surface area contributed by atoms with Gasteiger partial charge in [0, 0.05) is 24.0 Å². The molecule has 4 saturated carbocycles. The molecule has 34 heavy (non-hydrogen) atoms. The molecule has 0 radical (unpaired) electrons. The highest BCUT2D eigenvalue weighted by molar-refractivity contribution is 5.98. The van der Waals surface area contributed by atoms with E-state index >= 15 is 0 Å². The SMILES string of the molecule is CCc1ccc(C(=O)[C@H]2CC[C@H]3[C@@H]4CC[C@H]5C[C@](C)(O)CC[C@]5(COC)[C@@]4(C)CC[C@]23C)cc1. The van der Waals surface area contributed by atoms with Crippen LogP contribution in [-0.2, 0) is 11.2 Å². The lowest BCUT2D eigenvalue weighted by molar-refractivity contribution is -0.220. The number of Topliss-reactive ketones (excluding diaryl/α,β-unsaturated/α-hetero) is 1. The van der Waals surface area contributed by atoms with E-state index in [1.54, 1.807) is 0 Å². The standard InChI is InChI=1S/C31H46O3/c1-6-21-7-9-22(10-8-21)27(32)26-14-13-24-25-12-11-23-19-28(2,33)15-18-31(23,20-34-5)30(25,4)17-16-29(24,26)3/h7-10,23-26,33H,6,11-20H2,1-5H3/t23-,24-,25-,26+,28+,29-,30-,31+/m0/s1. The maximum atomic E-state index is 13.8. The van der Waals surface area contributed by atoms with Gasteiger partial charge in [0.1, 0.15) is 0 Å². The van der Waals surface area contributed by atoms with Crippen LogP contribution in [0.1, 0.15) is 101 Å². The molecule has 0 aliphatic heterocycles. The second-order valence-corrected chi connectivity index (χ2v) is 13.2. The van der Waals surface area contributed by atoms with E-state index in [1.165, 1.54) is 31.2 Å². The molecule has 0 saturated heterocycles. The average molecular weight is 467 g/mol. The number of ketones is 1. The molecule has 0 bridgehead atoms. The van der Waals surface area contributed by atoms with E-state index < -0.39 is 5.60 Å². The Morgan fingerprint density at radius 2 is 1.68 bits per heavy atom. The molecule has 8 atom stereocenters. The Hall–Kier alpha value is -1.19. The first-order chi connectivity index (χ1) is 16.1. The first kappa shape index (κ1) is 24.5. The Labute approximate surface area is 207 Å². The summed E-state index contributed by atoms with van der Waals surface area (Å²) >= 11 is 0. The lowest BCUT2D eigenvalue weighted by Crippen LogP contribution is -2.63. The fourth-order valence-corrected chi connectivity index (χ4v) is 9.77. The van der Waals surface area contributed by atoms with Crippen molar-refractivity contribution in [1.29, 1.82) is 0 Å². The van der Waals surface area contributed by atoms with Gasteiger partial charge in [0.2, 0.25) is 0 Å². The van der Waals surface area contributed by atoms with Gasteiger partial charge in [-0.15, -0.1) is 0 Å². The first-order valence-electron chi connectivity index (χ1n) is 13.9. The summed E-state index contributed by atoms with van der Waals surface area (Å²) < 4.78 is 5.96. The van der Waals surface area contributed by atoms with Crippen LogP contribution in [0.4, 0.5) is 0 Å². The van der Waals surface area contributed by atoms with E-state index in [-0.39, 0.29) is 22.2 Å². The van der Waals surface area contributed by atoms with Gasteiger partial charge < -0.3 is 9.84 Å². The van der Waals surface area contributed by atoms with E-state index in [4.69, 9.17) is 4.74 Å². The van der Waals surface area contributed by atoms with Crippen LogP contribution < -0.4 is 0 Å². The number of aryl methyl sites for hydroxylation is 1.